The fraction of sp³-hybridized carbons (Fsp3) is 0.467. The molecule has 1 saturated carbocycles. The van der Waals surface area contributed by atoms with Gasteiger partial charge < -0.3 is 19.7 Å². The highest BCUT2D eigenvalue weighted by Crippen LogP contribution is 2.46. The molecule has 0 radical (unpaired) electrons. The number of benzene rings is 2. The van der Waals surface area contributed by atoms with Crippen LogP contribution in [0.1, 0.15) is 72.3 Å². The highest BCUT2D eigenvalue weighted by atomic mass is 16.4. The largest absolute Gasteiger partial charge is 0.478 e. The molecule has 1 amide bonds. The number of carbonyl (C=O) groups excluding carboxylic acids is 1. The average molecular weight is 487 g/mol. The number of likely N-dealkylation sites (tertiary alicyclic amines) is 1. The summed E-state index contributed by atoms with van der Waals surface area (Å²) in [5.74, 6) is -0.580. The molecule has 0 spiro atoms. The van der Waals surface area contributed by atoms with Gasteiger partial charge in [0.1, 0.15) is 0 Å². The van der Waals surface area contributed by atoms with Crippen molar-refractivity contribution >= 4 is 22.8 Å². The van der Waals surface area contributed by atoms with Crippen molar-refractivity contribution < 1.29 is 19.8 Å². The second kappa shape index (κ2) is 9.40. The van der Waals surface area contributed by atoms with Crippen LogP contribution >= 0.6 is 0 Å². The van der Waals surface area contributed by atoms with Gasteiger partial charge in [0.15, 0.2) is 0 Å². The van der Waals surface area contributed by atoms with Crippen molar-refractivity contribution in [2.24, 2.45) is 5.92 Å². The lowest BCUT2D eigenvalue weighted by atomic mass is 9.81. The summed E-state index contributed by atoms with van der Waals surface area (Å²) in [4.78, 5) is 27.6. The maximum Gasteiger partial charge on any atom is 0.335 e. The molecular formula is C30H34N2O4. The van der Waals surface area contributed by atoms with Crippen molar-refractivity contribution in [2.75, 3.05) is 13.1 Å². The molecular weight excluding hydrogens is 452 g/mol. The lowest BCUT2D eigenvalue weighted by Gasteiger charge is -2.32. The number of amides is 1. The molecule has 2 aromatic carbocycles. The maximum atomic E-state index is 13.8. The maximum absolute atomic E-state index is 13.8. The van der Waals surface area contributed by atoms with Gasteiger partial charge in [-0.05, 0) is 61.3 Å². The smallest absolute Gasteiger partial charge is 0.335 e. The number of aromatic carboxylic acids is 1. The third-order valence-corrected chi connectivity index (χ3v) is 8.63. The predicted molar refractivity (Wildman–Crippen MR) is 139 cm³/mol. The van der Waals surface area contributed by atoms with Crippen LogP contribution in [0.4, 0.5) is 0 Å². The SMILES string of the molecule is O=C(O)c1ccc2c(C3CCCCC3)c3n(c2c1)CC(C(=O)N1CCC(O)CC1)Cc1ccccc1-3. The molecule has 1 aromatic heterocycles. The van der Waals surface area contributed by atoms with E-state index >= 15 is 0 Å². The van der Waals surface area contributed by atoms with E-state index in [0.717, 1.165) is 23.7 Å². The Balaban J connectivity index is 1.53. The normalized spacial score (nSPS) is 21.1. The van der Waals surface area contributed by atoms with Crippen LogP contribution in [-0.2, 0) is 17.8 Å². The summed E-state index contributed by atoms with van der Waals surface area (Å²) < 4.78 is 2.26. The number of carboxylic acids is 1. The van der Waals surface area contributed by atoms with Crippen LogP contribution in [0.3, 0.4) is 0 Å². The quantitative estimate of drug-likeness (QED) is 0.532. The third kappa shape index (κ3) is 4.01. The van der Waals surface area contributed by atoms with Gasteiger partial charge in [-0.2, -0.15) is 0 Å². The van der Waals surface area contributed by atoms with E-state index in [2.05, 4.69) is 28.8 Å². The summed E-state index contributed by atoms with van der Waals surface area (Å²) in [6.45, 7) is 1.72. The number of hydrogen-bond donors (Lipinski definition) is 2. The Morgan fingerprint density at radius 3 is 2.42 bits per heavy atom. The average Bonchev–Trinajstić information content (AvgIpc) is 3.11. The Morgan fingerprint density at radius 2 is 1.67 bits per heavy atom. The Hall–Kier alpha value is -3.12. The molecule has 6 heteroatoms. The van der Waals surface area contributed by atoms with Crippen molar-refractivity contribution in [1.29, 1.82) is 0 Å². The van der Waals surface area contributed by atoms with Crippen LogP contribution in [-0.4, -0.2) is 50.8 Å². The van der Waals surface area contributed by atoms with Crippen LogP contribution in [0, 0.1) is 5.92 Å². The number of rotatable bonds is 3. The molecule has 1 atom stereocenters. The van der Waals surface area contributed by atoms with E-state index in [1.165, 1.54) is 41.6 Å². The van der Waals surface area contributed by atoms with E-state index < -0.39 is 5.97 Å². The van der Waals surface area contributed by atoms with E-state index in [1.54, 1.807) is 12.1 Å². The van der Waals surface area contributed by atoms with Crippen molar-refractivity contribution in [1.82, 2.24) is 9.47 Å². The van der Waals surface area contributed by atoms with Crippen molar-refractivity contribution in [3.8, 4) is 11.3 Å². The molecule has 1 unspecified atom stereocenters. The molecule has 0 bridgehead atoms. The van der Waals surface area contributed by atoms with E-state index in [-0.39, 0.29) is 23.5 Å². The molecule has 3 aromatic rings. The zero-order valence-electron chi connectivity index (χ0n) is 20.7. The highest BCUT2D eigenvalue weighted by molar-refractivity contribution is 5.99. The summed E-state index contributed by atoms with van der Waals surface area (Å²) in [7, 11) is 0. The van der Waals surface area contributed by atoms with Crippen LogP contribution in [0.2, 0.25) is 0 Å². The molecule has 3 heterocycles. The first kappa shape index (κ1) is 23.3. The fourth-order valence-electron chi connectivity index (χ4n) is 6.78. The monoisotopic (exact) mass is 486 g/mol. The van der Waals surface area contributed by atoms with Gasteiger partial charge in [0.25, 0.3) is 0 Å². The minimum atomic E-state index is -0.930. The number of fused-ring (bicyclic) bond motifs is 5. The van der Waals surface area contributed by atoms with Crippen molar-refractivity contribution in [3.63, 3.8) is 0 Å². The zero-order valence-corrected chi connectivity index (χ0v) is 20.7. The minimum Gasteiger partial charge on any atom is -0.478 e. The van der Waals surface area contributed by atoms with Gasteiger partial charge in [-0.25, -0.2) is 4.79 Å². The number of piperidine rings is 1. The molecule has 1 saturated heterocycles. The highest BCUT2D eigenvalue weighted by Gasteiger charge is 2.35. The molecule has 2 fully saturated rings. The molecule has 36 heavy (non-hydrogen) atoms. The van der Waals surface area contributed by atoms with Gasteiger partial charge in [-0.3, -0.25) is 4.79 Å². The van der Waals surface area contributed by atoms with Crippen LogP contribution in [0.25, 0.3) is 22.2 Å². The van der Waals surface area contributed by atoms with Gasteiger partial charge >= 0.3 is 5.97 Å². The molecule has 3 aliphatic rings. The number of aliphatic hydroxyl groups excluding tert-OH is 1. The molecule has 2 N–H and O–H groups in total. The Kier molecular flexibility index (Phi) is 6.08. The lowest BCUT2D eigenvalue weighted by molar-refractivity contribution is -0.138. The fourth-order valence-corrected chi connectivity index (χ4v) is 6.78. The summed E-state index contributed by atoms with van der Waals surface area (Å²) in [6, 6.07) is 14.0. The van der Waals surface area contributed by atoms with E-state index in [1.807, 2.05) is 11.0 Å². The molecule has 188 valence electrons. The van der Waals surface area contributed by atoms with Gasteiger partial charge in [0.05, 0.1) is 23.3 Å². The van der Waals surface area contributed by atoms with Gasteiger partial charge in [0, 0.05) is 36.1 Å². The van der Waals surface area contributed by atoms with E-state index in [0.29, 0.717) is 44.8 Å². The standard InChI is InChI=1S/C30H34N2O4/c33-23-12-14-31(15-13-23)29(34)22-16-20-8-4-5-9-24(20)28-27(19-6-2-1-3-7-19)25-11-10-21(30(35)36)17-26(25)32(28)18-22/h4-5,8-11,17,19,22-23,33H,1-3,6-7,12-16,18H2,(H,35,36). The lowest BCUT2D eigenvalue weighted by Crippen LogP contribution is -2.44. The Morgan fingerprint density at radius 1 is 0.917 bits per heavy atom. The van der Waals surface area contributed by atoms with Gasteiger partial charge in [0.2, 0.25) is 5.91 Å². The van der Waals surface area contributed by atoms with Crippen LogP contribution in [0.15, 0.2) is 42.5 Å². The van der Waals surface area contributed by atoms with Crippen LogP contribution in [0.5, 0.6) is 0 Å². The predicted octanol–water partition coefficient (Wildman–Crippen LogP) is 5.21. The van der Waals surface area contributed by atoms with Crippen LogP contribution < -0.4 is 0 Å². The number of aliphatic hydroxyl groups is 1. The summed E-state index contributed by atoms with van der Waals surface area (Å²) in [5, 5.41) is 20.8. The zero-order chi connectivity index (χ0) is 24.8. The molecule has 2 aliphatic heterocycles. The second-order valence-corrected chi connectivity index (χ2v) is 10.9. The van der Waals surface area contributed by atoms with E-state index in [4.69, 9.17) is 0 Å². The van der Waals surface area contributed by atoms with Gasteiger partial charge in [-0.1, -0.05) is 49.6 Å². The number of nitrogens with zero attached hydrogens (tertiary/aromatic N) is 2. The van der Waals surface area contributed by atoms with E-state index in [9.17, 15) is 19.8 Å². The molecule has 6 nitrogen and oxygen atoms in total. The topological polar surface area (TPSA) is 82.8 Å². The van der Waals surface area contributed by atoms with Gasteiger partial charge in [-0.15, -0.1) is 0 Å². The first-order chi connectivity index (χ1) is 17.5. The summed E-state index contributed by atoms with van der Waals surface area (Å²) >= 11 is 0. The first-order valence-electron chi connectivity index (χ1n) is 13.5. The second-order valence-electron chi connectivity index (χ2n) is 10.9. The van der Waals surface area contributed by atoms with Crippen molar-refractivity contribution in [3.05, 3.63) is 59.2 Å². The Bertz CT molecular complexity index is 1310. The molecule has 6 rings (SSSR count). The number of carboxylic acid groups (broad SMARTS) is 1. The number of carbonyl (C=O) groups is 2. The number of hydrogen-bond acceptors (Lipinski definition) is 3. The number of aromatic nitrogens is 1. The summed E-state index contributed by atoms with van der Waals surface area (Å²) in [5.41, 5.74) is 6.08. The molecule has 1 aliphatic carbocycles. The van der Waals surface area contributed by atoms with Crippen molar-refractivity contribution in [2.45, 2.75) is 69.9 Å². The Labute approximate surface area is 211 Å². The first-order valence-corrected chi connectivity index (χ1v) is 13.5. The third-order valence-electron chi connectivity index (χ3n) is 8.63. The summed E-state index contributed by atoms with van der Waals surface area (Å²) in [6.07, 6.45) is 7.59. The minimum absolute atomic E-state index is 0.139.